The van der Waals surface area contributed by atoms with Crippen LogP contribution in [0.25, 0.3) is 0 Å². The fraction of sp³-hybridized carbons (Fsp3) is 0.385. The smallest absolute Gasteiger partial charge is 0.257 e. The van der Waals surface area contributed by atoms with E-state index in [0.29, 0.717) is 23.5 Å². The first-order chi connectivity index (χ1) is 9.40. The molecule has 110 valence electrons. The Hall–Kier alpha value is -1.95. The van der Waals surface area contributed by atoms with Crippen molar-refractivity contribution < 1.29 is 14.3 Å². The maximum absolute atomic E-state index is 12.3. The monoisotopic (exact) mass is 299 g/mol. The number of amides is 2. The Labute approximate surface area is 122 Å². The van der Waals surface area contributed by atoms with Gasteiger partial charge < -0.3 is 20.7 Å². The number of rotatable bonds is 5. The molecule has 0 saturated heterocycles. The molecule has 0 saturated carbocycles. The van der Waals surface area contributed by atoms with Crippen LogP contribution in [-0.4, -0.2) is 44.5 Å². The normalized spacial score (nSPS) is 10.0. The summed E-state index contributed by atoms with van der Waals surface area (Å²) >= 11 is 5.93. The number of benzene rings is 1. The van der Waals surface area contributed by atoms with Crippen LogP contribution in [-0.2, 0) is 4.79 Å². The van der Waals surface area contributed by atoms with Crippen LogP contribution in [0.2, 0.25) is 5.02 Å². The number of halogens is 1. The van der Waals surface area contributed by atoms with Crippen molar-refractivity contribution in [2.75, 3.05) is 33.5 Å². The lowest BCUT2D eigenvalue weighted by Crippen LogP contribution is -2.31. The number of nitrogens with zero attached hydrogens (tertiary/aromatic N) is 1. The molecule has 0 aromatic heterocycles. The Kier molecular flexibility index (Phi) is 5.64. The van der Waals surface area contributed by atoms with E-state index < -0.39 is 0 Å². The number of carbonyl (C=O) groups excluding carboxylic acids is 2. The molecule has 2 amide bonds. The van der Waals surface area contributed by atoms with E-state index in [0.717, 1.165) is 0 Å². The van der Waals surface area contributed by atoms with Crippen LogP contribution >= 0.6 is 11.6 Å². The first-order valence-electron chi connectivity index (χ1n) is 5.99. The van der Waals surface area contributed by atoms with Gasteiger partial charge >= 0.3 is 0 Å². The predicted octanol–water partition coefficient (Wildman–Crippen LogP) is 1.14. The lowest BCUT2D eigenvalue weighted by Gasteiger charge is -2.19. The minimum absolute atomic E-state index is 0.132. The van der Waals surface area contributed by atoms with Gasteiger partial charge in [0.1, 0.15) is 5.75 Å². The number of hydrogen-bond acceptors (Lipinski definition) is 4. The lowest BCUT2D eigenvalue weighted by atomic mass is 10.1. The van der Waals surface area contributed by atoms with Crippen molar-refractivity contribution in [1.29, 1.82) is 0 Å². The van der Waals surface area contributed by atoms with Crippen molar-refractivity contribution in [2.24, 2.45) is 0 Å². The van der Waals surface area contributed by atoms with Gasteiger partial charge in [0.2, 0.25) is 5.91 Å². The fourth-order valence-corrected chi connectivity index (χ4v) is 1.77. The SMILES string of the molecule is CNC(=O)CCN(C)C(=O)c1cc(Cl)c(N)cc1OC. The summed E-state index contributed by atoms with van der Waals surface area (Å²) in [6, 6.07) is 2.97. The van der Waals surface area contributed by atoms with Gasteiger partial charge in [-0.05, 0) is 6.07 Å². The van der Waals surface area contributed by atoms with Crippen LogP contribution in [0, 0.1) is 0 Å². The summed E-state index contributed by atoms with van der Waals surface area (Å²) in [5, 5.41) is 2.78. The molecule has 1 aromatic carbocycles. The molecule has 0 unspecified atom stereocenters. The number of methoxy groups -OCH3 is 1. The van der Waals surface area contributed by atoms with Crippen molar-refractivity contribution in [3.8, 4) is 5.75 Å². The molecule has 0 heterocycles. The van der Waals surface area contributed by atoms with Crippen molar-refractivity contribution >= 4 is 29.1 Å². The molecule has 0 fully saturated rings. The molecule has 0 bridgehead atoms. The van der Waals surface area contributed by atoms with E-state index in [9.17, 15) is 9.59 Å². The van der Waals surface area contributed by atoms with Gasteiger partial charge in [-0.25, -0.2) is 0 Å². The van der Waals surface area contributed by atoms with E-state index in [2.05, 4.69) is 5.32 Å². The van der Waals surface area contributed by atoms with Crippen molar-refractivity contribution in [1.82, 2.24) is 10.2 Å². The maximum Gasteiger partial charge on any atom is 0.257 e. The van der Waals surface area contributed by atoms with Crippen LogP contribution < -0.4 is 15.8 Å². The Bertz CT molecular complexity index is 520. The lowest BCUT2D eigenvalue weighted by molar-refractivity contribution is -0.120. The molecule has 1 rings (SSSR count). The topological polar surface area (TPSA) is 84.7 Å². The molecule has 0 atom stereocenters. The first-order valence-corrected chi connectivity index (χ1v) is 6.37. The van der Waals surface area contributed by atoms with Gasteiger partial charge in [-0.15, -0.1) is 0 Å². The van der Waals surface area contributed by atoms with Crippen molar-refractivity contribution in [3.63, 3.8) is 0 Å². The zero-order chi connectivity index (χ0) is 15.3. The summed E-state index contributed by atoms with van der Waals surface area (Å²) in [5.41, 5.74) is 6.32. The third kappa shape index (κ3) is 3.77. The zero-order valence-corrected chi connectivity index (χ0v) is 12.5. The summed E-state index contributed by atoms with van der Waals surface area (Å²) in [4.78, 5) is 24.9. The van der Waals surface area contributed by atoms with E-state index >= 15 is 0 Å². The van der Waals surface area contributed by atoms with Gasteiger partial charge in [-0.1, -0.05) is 11.6 Å². The molecule has 0 aliphatic rings. The van der Waals surface area contributed by atoms with Crippen molar-refractivity contribution in [3.05, 3.63) is 22.7 Å². The van der Waals surface area contributed by atoms with E-state index in [1.807, 2.05) is 0 Å². The third-order valence-corrected chi connectivity index (χ3v) is 3.18. The number of carbonyl (C=O) groups is 2. The van der Waals surface area contributed by atoms with Crippen LogP contribution in [0.5, 0.6) is 5.75 Å². The average Bonchev–Trinajstić information content (AvgIpc) is 2.45. The molecule has 0 aliphatic carbocycles. The van der Waals surface area contributed by atoms with E-state index in [1.165, 1.54) is 24.1 Å². The third-order valence-electron chi connectivity index (χ3n) is 2.85. The number of nitrogens with two attached hydrogens (primary N) is 1. The second kappa shape index (κ2) is 7.00. The molecular formula is C13H18ClN3O3. The second-order valence-corrected chi connectivity index (χ2v) is 4.63. The largest absolute Gasteiger partial charge is 0.496 e. The van der Waals surface area contributed by atoms with E-state index in [4.69, 9.17) is 22.1 Å². The van der Waals surface area contributed by atoms with Gasteiger partial charge in [0.15, 0.2) is 0 Å². The zero-order valence-electron chi connectivity index (χ0n) is 11.7. The minimum atomic E-state index is -0.285. The molecule has 20 heavy (non-hydrogen) atoms. The number of anilines is 1. The highest BCUT2D eigenvalue weighted by molar-refractivity contribution is 6.33. The van der Waals surface area contributed by atoms with Crippen LogP contribution in [0.3, 0.4) is 0 Å². The van der Waals surface area contributed by atoms with Crippen molar-refractivity contribution in [2.45, 2.75) is 6.42 Å². The molecule has 3 N–H and O–H groups in total. The first kappa shape index (κ1) is 16.1. The van der Waals surface area contributed by atoms with Gasteiger partial charge in [-0.2, -0.15) is 0 Å². The Balaban J connectivity index is 2.91. The van der Waals surface area contributed by atoms with E-state index in [-0.39, 0.29) is 23.3 Å². The van der Waals surface area contributed by atoms with Gasteiger partial charge in [0, 0.05) is 33.1 Å². The number of nitrogens with one attached hydrogen (secondary N) is 1. The Morgan fingerprint density at radius 1 is 1.45 bits per heavy atom. The highest BCUT2D eigenvalue weighted by atomic mass is 35.5. The highest BCUT2D eigenvalue weighted by Gasteiger charge is 2.19. The predicted molar refractivity (Wildman–Crippen MR) is 78.1 cm³/mol. The molecule has 0 radical (unpaired) electrons. The Morgan fingerprint density at radius 2 is 2.10 bits per heavy atom. The summed E-state index contributed by atoms with van der Waals surface area (Å²) in [5.74, 6) is -0.0664. The fourth-order valence-electron chi connectivity index (χ4n) is 1.61. The van der Waals surface area contributed by atoms with E-state index in [1.54, 1.807) is 14.1 Å². The van der Waals surface area contributed by atoms with Crippen LogP contribution in [0.15, 0.2) is 12.1 Å². The summed E-state index contributed by atoms with van der Waals surface area (Å²) in [6.07, 6.45) is 0.226. The average molecular weight is 300 g/mol. The molecule has 6 nitrogen and oxygen atoms in total. The summed E-state index contributed by atoms with van der Waals surface area (Å²) in [6.45, 7) is 0.295. The summed E-state index contributed by atoms with van der Waals surface area (Å²) < 4.78 is 5.13. The van der Waals surface area contributed by atoms with Gasteiger partial charge in [0.25, 0.3) is 5.91 Å². The van der Waals surface area contributed by atoms with Crippen LogP contribution in [0.1, 0.15) is 16.8 Å². The van der Waals surface area contributed by atoms with Crippen LogP contribution in [0.4, 0.5) is 5.69 Å². The number of ether oxygens (including phenoxy) is 1. The maximum atomic E-state index is 12.3. The molecule has 0 aliphatic heterocycles. The van der Waals surface area contributed by atoms with Gasteiger partial charge in [0.05, 0.1) is 23.4 Å². The molecule has 7 heteroatoms. The summed E-state index contributed by atoms with van der Waals surface area (Å²) in [7, 11) is 4.60. The molecular weight excluding hydrogens is 282 g/mol. The number of nitrogen functional groups attached to an aromatic ring is 1. The Morgan fingerprint density at radius 3 is 2.65 bits per heavy atom. The standard InChI is InChI=1S/C13H18ClN3O3/c1-16-12(18)4-5-17(2)13(19)8-6-9(14)10(15)7-11(8)20-3/h6-7H,4-5,15H2,1-3H3,(H,16,18). The number of hydrogen-bond donors (Lipinski definition) is 2. The molecule has 1 aromatic rings. The highest BCUT2D eigenvalue weighted by Crippen LogP contribution is 2.29. The van der Waals surface area contributed by atoms with Gasteiger partial charge in [-0.3, -0.25) is 9.59 Å². The molecule has 0 spiro atoms. The minimum Gasteiger partial charge on any atom is -0.496 e. The quantitative estimate of drug-likeness (QED) is 0.799. The second-order valence-electron chi connectivity index (χ2n) is 4.22.